The number of hydrogen-bond donors (Lipinski definition) is 1. The summed E-state index contributed by atoms with van der Waals surface area (Å²) in [5, 5.41) is 3.44. The fourth-order valence-electron chi connectivity index (χ4n) is 3.26. The molecule has 1 aromatic rings. The summed E-state index contributed by atoms with van der Waals surface area (Å²) in [6.45, 7) is 0.818. The van der Waals surface area contributed by atoms with Crippen LogP contribution in [-0.4, -0.2) is 26.4 Å². The Labute approximate surface area is 108 Å². The van der Waals surface area contributed by atoms with E-state index in [0.29, 0.717) is 0 Å². The molecule has 0 saturated heterocycles. The van der Waals surface area contributed by atoms with E-state index in [2.05, 4.69) is 23.5 Å². The van der Waals surface area contributed by atoms with Crippen LogP contribution in [0.1, 0.15) is 36.4 Å². The summed E-state index contributed by atoms with van der Waals surface area (Å²) in [6, 6.07) is 6.83. The topological polar surface area (TPSA) is 30.5 Å². The van der Waals surface area contributed by atoms with E-state index in [4.69, 9.17) is 9.47 Å². The number of nitrogens with one attached hydrogen (secondary N) is 1. The Morgan fingerprint density at radius 3 is 2.83 bits per heavy atom. The number of hydrogen-bond acceptors (Lipinski definition) is 3. The second kappa shape index (κ2) is 4.56. The van der Waals surface area contributed by atoms with Crippen LogP contribution in [0.15, 0.2) is 18.2 Å². The number of rotatable bonds is 4. The highest BCUT2D eigenvalue weighted by Crippen LogP contribution is 2.45. The van der Waals surface area contributed by atoms with Crippen LogP contribution in [0.3, 0.4) is 0 Å². The zero-order chi connectivity index (χ0) is 12.6. The molecular formula is C15H21NO2. The largest absolute Gasteiger partial charge is 0.493 e. The van der Waals surface area contributed by atoms with Gasteiger partial charge in [-0.05, 0) is 43.5 Å². The van der Waals surface area contributed by atoms with Gasteiger partial charge in [-0.3, -0.25) is 0 Å². The van der Waals surface area contributed by atoms with Crippen molar-refractivity contribution in [1.82, 2.24) is 5.32 Å². The molecule has 0 bridgehead atoms. The maximum Gasteiger partial charge on any atom is 0.122 e. The van der Waals surface area contributed by atoms with E-state index < -0.39 is 0 Å². The van der Waals surface area contributed by atoms with Crippen LogP contribution in [-0.2, 0) is 11.2 Å². The van der Waals surface area contributed by atoms with Crippen molar-refractivity contribution in [3.63, 3.8) is 0 Å². The lowest BCUT2D eigenvalue weighted by Gasteiger charge is -2.46. The lowest BCUT2D eigenvalue weighted by Crippen LogP contribution is -2.49. The van der Waals surface area contributed by atoms with Gasteiger partial charge in [0, 0.05) is 13.5 Å². The first kappa shape index (κ1) is 12.0. The van der Waals surface area contributed by atoms with Crippen molar-refractivity contribution in [2.75, 3.05) is 20.8 Å². The van der Waals surface area contributed by atoms with E-state index in [1.807, 2.05) is 14.2 Å². The maximum absolute atomic E-state index is 5.81. The molecule has 1 saturated carbocycles. The molecule has 0 amide bonds. The van der Waals surface area contributed by atoms with Crippen molar-refractivity contribution in [3.05, 3.63) is 29.3 Å². The second-order valence-electron chi connectivity index (χ2n) is 5.31. The second-order valence-corrected chi connectivity index (χ2v) is 5.31. The van der Waals surface area contributed by atoms with Gasteiger partial charge in [0.25, 0.3) is 0 Å². The van der Waals surface area contributed by atoms with Gasteiger partial charge in [-0.1, -0.05) is 12.1 Å². The molecule has 0 radical (unpaired) electrons. The van der Waals surface area contributed by atoms with Crippen LogP contribution in [0.25, 0.3) is 0 Å². The molecule has 1 atom stereocenters. The van der Waals surface area contributed by atoms with Gasteiger partial charge in [0.05, 0.1) is 18.2 Å². The van der Waals surface area contributed by atoms with Crippen LogP contribution in [0.5, 0.6) is 5.75 Å². The average molecular weight is 247 g/mol. The Morgan fingerprint density at radius 1 is 1.39 bits per heavy atom. The van der Waals surface area contributed by atoms with Crippen molar-refractivity contribution >= 4 is 0 Å². The van der Waals surface area contributed by atoms with Gasteiger partial charge < -0.3 is 14.8 Å². The van der Waals surface area contributed by atoms with Crippen molar-refractivity contribution in [2.45, 2.75) is 37.3 Å². The molecule has 1 aliphatic carbocycles. The normalized spacial score (nSPS) is 21.9. The summed E-state index contributed by atoms with van der Waals surface area (Å²) in [5.41, 5.74) is 2.64. The van der Waals surface area contributed by atoms with Crippen LogP contribution in [0.2, 0.25) is 0 Å². The molecule has 1 aromatic carbocycles. The van der Waals surface area contributed by atoms with Crippen LogP contribution < -0.4 is 10.1 Å². The number of benzene rings is 1. The third kappa shape index (κ3) is 1.73. The van der Waals surface area contributed by atoms with Crippen LogP contribution in [0.4, 0.5) is 0 Å². The van der Waals surface area contributed by atoms with Gasteiger partial charge in [0.2, 0.25) is 0 Å². The van der Waals surface area contributed by atoms with Crippen LogP contribution >= 0.6 is 0 Å². The number of fused-ring (bicyclic) bond motifs is 1. The summed E-state index contributed by atoms with van der Waals surface area (Å²) in [7, 11) is 3.85. The van der Waals surface area contributed by atoms with Gasteiger partial charge in [0.1, 0.15) is 5.75 Å². The zero-order valence-corrected chi connectivity index (χ0v) is 11.2. The van der Waals surface area contributed by atoms with Gasteiger partial charge in [-0.2, -0.15) is 0 Å². The predicted octanol–water partition coefficient (Wildman–Crippen LogP) is 2.45. The zero-order valence-electron chi connectivity index (χ0n) is 11.2. The molecule has 3 nitrogen and oxygen atoms in total. The monoisotopic (exact) mass is 247 g/mol. The standard InChI is InChI=1S/C15H21NO2/c1-16-14(15(17-2)7-3-8-15)12-4-5-13-11(10-12)6-9-18-13/h4-5,10,14,16H,3,6-9H2,1-2H3. The Kier molecular flexibility index (Phi) is 3.04. The van der Waals surface area contributed by atoms with Gasteiger partial charge in [0.15, 0.2) is 0 Å². The van der Waals surface area contributed by atoms with E-state index in [9.17, 15) is 0 Å². The Morgan fingerprint density at radius 2 is 2.22 bits per heavy atom. The van der Waals surface area contributed by atoms with Crippen molar-refractivity contribution in [3.8, 4) is 5.75 Å². The molecule has 3 rings (SSSR count). The van der Waals surface area contributed by atoms with E-state index >= 15 is 0 Å². The number of ether oxygens (including phenoxy) is 2. The highest BCUT2D eigenvalue weighted by atomic mass is 16.5. The highest BCUT2D eigenvalue weighted by Gasteiger charge is 2.44. The molecule has 1 fully saturated rings. The first-order valence-corrected chi connectivity index (χ1v) is 6.77. The smallest absolute Gasteiger partial charge is 0.122 e. The van der Waals surface area contributed by atoms with Crippen molar-refractivity contribution < 1.29 is 9.47 Å². The summed E-state index contributed by atoms with van der Waals surface area (Å²) in [4.78, 5) is 0. The molecule has 1 N–H and O–H groups in total. The van der Waals surface area contributed by atoms with E-state index in [0.717, 1.165) is 31.6 Å². The fourth-order valence-corrected chi connectivity index (χ4v) is 3.26. The number of methoxy groups -OCH3 is 1. The molecule has 2 aliphatic rings. The Balaban J connectivity index is 1.92. The first-order valence-electron chi connectivity index (χ1n) is 6.77. The van der Waals surface area contributed by atoms with Gasteiger partial charge >= 0.3 is 0 Å². The lowest BCUT2D eigenvalue weighted by atomic mass is 9.72. The Bertz CT molecular complexity index is 435. The van der Waals surface area contributed by atoms with E-state index in [-0.39, 0.29) is 11.6 Å². The van der Waals surface area contributed by atoms with Crippen molar-refractivity contribution in [2.24, 2.45) is 0 Å². The molecule has 98 valence electrons. The summed E-state index contributed by atoms with van der Waals surface area (Å²) in [5.74, 6) is 1.05. The molecule has 0 aromatic heterocycles. The third-order valence-corrected chi connectivity index (χ3v) is 4.47. The summed E-state index contributed by atoms with van der Waals surface area (Å²) >= 11 is 0. The predicted molar refractivity (Wildman–Crippen MR) is 71.0 cm³/mol. The van der Waals surface area contributed by atoms with Gasteiger partial charge in [-0.25, -0.2) is 0 Å². The first-order chi connectivity index (χ1) is 8.79. The minimum atomic E-state index is -0.0115. The molecule has 1 unspecified atom stereocenters. The SMILES string of the molecule is CNC(c1ccc2c(c1)CCO2)C1(OC)CCC1. The fraction of sp³-hybridized carbons (Fsp3) is 0.600. The van der Waals surface area contributed by atoms with E-state index in [1.165, 1.54) is 17.5 Å². The summed E-state index contributed by atoms with van der Waals surface area (Å²) < 4.78 is 11.4. The molecule has 1 heterocycles. The lowest BCUT2D eigenvalue weighted by molar-refractivity contribution is -0.0983. The average Bonchev–Trinajstić information content (AvgIpc) is 2.80. The molecule has 3 heteroatoms. The van der Waals surface area contributed by atoms with Gasteiger partial charge in [-0.15, -0.1) is 0 Å². The van der Waals surface area contributed by atoms with E-state index in [1.54, 1.807) is 0 Å². The third-order valence-electron chi connectivity index (χ3n) is 4.47. The minimum Gasteiger partial charge on any atom is -0.493 e. The molecule has 0 spiro atoms. The van der Waals surface area contributed by atoms with Crippen molar-refractivity contribution in [1.29, 1.82) is 0 Å². The van der Waals surface area contributed by atoms with Crippen LogP contribution in [0, 0.1) is 0 Å². The summed E-state index contributed by atoms with van der Waals surface area (Å²) in [6.07, 6.45) is 4.57. The molecule has 18 heavy (non-hydrogen) atoms. The number of likely N-dealkylation sites (N-methyl/N-ethyl adjacent to an activating group) is 1. The highest BCUT2D eigenvalue weighted by molar-refractivity contribution is 5.41. The molecular weight excluding hydrogens is 226 g/mol. The Hall–Kier alpha value is -1.06. The molecule has 1 aliphatic heterocycles. The maximum atomic E-state index is 5.81. The quantitative estimate of drug-likeness (QED) is 0.886. The minimum absolute atomic E-state index is 0.0115.